The van der Waals surface area contributed by atoms with E-state index in [1.54, 1.807) is 7.05 Å². The predicted octanol–water partition coefficient (Wildman–Crippen LogP) is -5.33. The Balaban J connectivity index is 1.69. The molecule has 1 saturated carbocycles. The number of aliphatic hydroxyl groups excluding tert-OH is 5. The number of nitrogens with two attached hydrogens (primary N) is 2. The summed E-state index contributed by atoms with van der Waals surface area (Å²) < 4.78 is 22.2. The molecule has 0 aromatic heterocycles. The molecule has 0 bridgehead atoms. The molecule has 31 heavy (non-hydrogen) atoms. The van der Waals surface area contributed by atoms with E-state index in [1.165, 1.54) is 6.92 Å². The quantitative estimate of drug-likeness (QED) is 0.183. The van der Waals surface area contributed by atoms with E-state index in [0.29, 0.717) is 0 Å². The summed E-state index contributed by atoms with van der Waals surface area (Å²) in [6.45, 7) is 0.861. The second-order valence-electron chi connectivity index (χ2n) is 8.76. The van der Waals surface area contributed by atoms with Crippen LogP contribution < -0.4 is 16.8 Å². The first kappa shape index (κ1) is 25.1. The van der Waals surface area contributed by atoms with Gasteiger partial charge in [-0.05, 0) is 20.4 Å². The van der Waals surface area contributed by atoms with E-state index in [9.17, 15) is 30.6 Å². The van der Waals surface area contributed by atoms with Crippen LogP contribution in [0.15, 0.2) is 0 Å². The maximum Gasteiger partial charge on any atom is 0.187 e. The van der Waals surface area contributed by atoms with Gasteiger partial charge in [-0.3, -0.25) is 0 Å². The van der Waals surface area contributed by atoms with Crippen molar-refractivity contribution in [1.29, 1.82) is 0 Å². The Hall–Kier alpha value is -0.520. The molecule has 13 nitrogen and oxygen atoms in total. The summed E-state index contributed by atoms with van der Waals surface area (Å²) in [7, 11) is 1.58. The highest BCUT2D eigenvalue weighted by molar-refractivity contribution is 5.02. The maximum absolute atomic E-state index is 10.9. The molecule has 0 spiro atoms. The average Bonchev–Trinajstić information content (AvgIpc) is 2.97. The largest absolute Gasteiger partial charge is 0.394 e. The summed E-state index contributed by atoms with van der Waals surface area (Å²) in [5.74, 6) is 0. The van der Waals surface area contributed by atoms with Gasteiger partial charge < -0.3 is 66.4 Å². The van der Waals surface area contributed by atoms with Crippen LogP contribution in [0.1, 0.15) is 13.3 Å². The maximum atomic E-state index is 10.9. The molecule has 3 fully saturated rings. The molecule has 0 aromatic carbocycles. The van der Waals surface area contributed by atoms with Crippen LogP contribution >= 0.6 is 0 Å². The van der Waals surface area contributed by atoms with E-state index in [2.05, 4.69) is 5.32 Å². The van der Waals surface area contributed by atoms with Crippen molar-refractivity contribution in [2.75, 3.05) is 20.3 Å². The first-order valence-corrected chi connectivity index (χ1v) is 10.3. The number of hydrogen-bond acceptors (Lipinski definition) is 13. The first-order valence-electron chi connectivity index (χ1n) is 10.3. The lowest BCUT2D eigenvalue weighted by molar-refractivity contribution is -0.304. The third-order valence-electron chi connectivity index (χ3n) is 6.28. The van der Waals surface area contributed by atoms with Gasteiger partial charge in [0, 0.05) is 12.1 Å². The van der Waals surface area contributed by atoms with Crippen LogP contribution in [0, 0.1) is 0 Å². The van der Waals surface area contributed by atoms with E-state index in [0.717, 1.165) is 0 Å². The van der Waals surface area contributed by atoms with Crippen molar-refractivity contribution in [2.24, 2.45) is 11.5 Å². The molecule has 13 heteroatoms. The van der Waals surface area contributed by atoms with Gasteiger partial charge in [0.1, 0.15) is 48.3 Å². The molecule has 182 valence electrons. The Morgan fingerprint density at radius 2 is 1.55 bits per heavy atom. The summed E-state index contributed by atoms with van der Waals surface area (Å²) in [6, 6.07) is -2.22. The summed E-state index contributed by atoms with van der Waals surface area (Å²) in [5.41, 5.74) is 10.9. The lowest BCUT2D eigenvalue weighted by Crippen LogP contribution is -2.68. The molecular weight excluding hydrogens is 418 g/mol. The van der Waals surface area contributed by atoms with Gasteiger partial charge in [-0.1, -0.05) is 0 Å². The van der Waals surface area contributed by atoms with Crippen LogP contribution in [0.2, 0.25) is 0 Å². The zero-order valence-corrected chi connectivity index (χ0v) is 17.5. The second-order valence-corrected chi connectivity index (χ2v) is 8.76. The number of aliphatic hydroxyl groups is 6. The normalized spacial score (nSPS) is 53.6. The smallest absolute Gasteiger partial charge is 0.187 e. The van der Waals surface area contributed by atoms with Crippen LogP contribution in [0.3, 0.4) is 0 Å². The van der Waals surface area contributed by atoms with Crippen molar-refractivity contribution in [3.8, 4) is 0 Å². The van der Waals surface area contributed by atoms with Crippen LogP contribution in [-0.2, 0) is 18.9 Å². The SMILES string of the molecule is CN[C@@H]1[C@@H](O)[C@@H](O[C@@H]2[C@@H](O)[C@H](O[C@@H]3O[C@H](CO)[C@@H](O)[C@H]3O)[C@@H](N)C[C@H]2N)OC[C@]1(C)O. The van der Waals surface area contributed by atoms with E-state index >= 15 is 0 Å². The van der Waals surface area contributed by atoms with Crippen molar-refractivity contribution in [3.05, 3.63) is 0 Å². The molecule has 11 N–H and O–H groups in total. The van der Waals surface area contributed by atoms with E-state index in [4.69, 9.17) is 30.4 Å². The second kappa shape index (κ2) is 9.77. The van der Waals surface area contributed by atoms with E-state index in [1.807, 2.05) is 0 Å². The summed E-state index contributed by atoms with van der Waals surface area (Å²) in [6.07, 6.45) is -11.0. The van der Waals surface area contributed by atoms with Gasteiger partial charge >= 0.3 is 0 Å². The molecule has 3 rings (SSSR count). The van der Waals surface area contributed by atoms with Crippen molar-refractivity contribution in [3.63, 3.8) is 0 Å². The highest BCUT2D eigenvalue weighted by Gasteiger charge is 2.52. The number of rotatable bonds is 6. The number of nitrogens with one attached hydrogen (secondary N) is 1. The Kier molecular flexibility index (Phi) is 7.91. The lowest BCUT2D eigenvalue weighted by atomic mass is 9.84. The third kappa shape index (κ3) is 4.89. The fourth-order valence-corrected chi connectivity index (χ4v) is 4.49. The minimum atomic E-state index is -1.45. The number of ether oxygens (including phenoxy) is 4. The van der Waals surface area contributed by atoms with Gasteiger partial charge in [0.25, 0.3) is 0 Å². The molecule has 2 saturated heterocycles. The van der Waals surface area contributed by atoms with Gasteiger partial charge in [-0.2, -0.15) is 0 Å². The highest BCUT2D eigenvalue weighted by Crippen LogP contribution is 2.32. The van der Waals surface area contributed by atoms with Crippen LogP contribution in [-0.4, -0.2) is 130 Å². The van der Waals surface area contributed by atoms with Crippen molar-refractivity contribution in [1.82, 2.24) is 5.32 Å². The molecule has 0 amide bonds. The highest BCUT2D eigenvalue weighted by atomic mass is 16.7. The minimum Gasteiger partial charge on any atom is -0.394 e. The monoisotopic (exact) mass is 453 g/mol. The number of likely N-dealkylation sites (N-methyl/N-ethyl adjacent to an activating group) is 1. The molecule has 0 radical (unpaired) electrons. The molecule has 3 aliphatic rings. The molecule has 2 heterocycles. The predicted molar refractivity (Wildman–Crippen MR) is 103 cm³/mol. The molecule has 1 aliphatic carbocycles. The zero-order chi connectivity index (χ0) is 23.1. The Labute approximate surface area is 179 Å². The minimum absolute atomic E-state index is 0.125. The fourth-order valence-electron chi connectivity index (χ4n) is 4.49. The van der Waals surface area contributed by atoms with Gasteiger partial charge in [0.2, 0.25) is 0 Å². The standard InChI is InChI=1S/C18H35N3O10/c1-18(27)5-28-16(12(26)15(18)21-2)30-13-6(19)3-7(20)14(11(13)25)31-17-10(24)9(23)8(4-22)29-17/h6-17,21-27H,3-5,19-20H2,1-2H3/t6-,7+,8-,9-,10-,11-,12-,13+,14-,15-,16-,17+,18+/m1/s1. The average molecular weight is 453 g/mol. The molecular formula is C18H35N3O10. The Morgan fingerprint density at radius 1 is 0.968 bits per heavy atom. The molecule has 0 unspecified atom stereocenters. The van der Waals surface area contributed by atoms with Crippen LogP contribution in [0.25, 0.3) is 0 Å². The van der Waals surface area contributed by atoms with E-state index < -0.39 is 85.6 Å². The van der Waals surface area contributed by atoms with Gasteiger partial charge in [0.05, 0.1) is 19.3 Å². The van der Waals surface area contributed by atoms with Crippen molar-refractivity contribution < 1.29 is 49.6 Å². The zero-order valence-electron chi connectivity index (χ0n) is 17.5. The fraction of sp³-hybridized carbons (Fsp3) is 1.00. The Bertz CT molecular complexity index is 601. The summed E-state index contributed by atoms with van der Waals surface area (Å²) in [5, 5.41) is 63.9. The number of hydrogen-bond donors (Lipinski definition) is 9. The van der Waals surface area contributed by atoms with E-state index in [-0.39, 0.29) is 13.0 Å². The van der Waals surface area contributed by atoms with Crippen LogP contribution in [0.5, 0.6) is 0 Å². The lowest BCUT2D eigenvalue weighted by Gasteiger charge is -2.47. The molecule has 2 aliphatic heterocycles. The topological polar surface area (TPSA) is 222 Å². The van der Waals surface area contributed by atoms with Gasteiger partial charge in [0.15, 0.2) is 12.6 Å². The van der Waals surface area contributed by atoms with Gasteiger partial charge in [-0.25, -0.2) is 0 Å². The first-order chi connectivity index (χ1) is 14.5. The third-order valence-corrected chi connectivity index (χ3v) is 6.28. The van der Waals surface area contributed by atoms with Crippen molar-refractivity contribution >= 4 is 0 Å². The van der Waals surface area contributed by atoms with Crippen LogP contribution in [0.4, 0.5) is 0 Å². The van der Waals surface area contributed by atoms with Crippen molar-refractivity contribution in [2.45, 2.75) is 92.4 Å². The molecule has 13 atom stereocenters. The Morgan fingerprint density at radius 3 is 2.06 bits per heavy atom. The summed E-state index contributed by atoms with van der Waals surface area (Å²) in [4.78, 5) is 0. The molecule has 0 aromatic rings. The van der Waals surface area contributed by atoms with Gasteiger partial charge in [-0.15, -0.1) is 0 Å². The summed E-state index contributed by atoms with van der Waals surface area (Å²) >= 11 is 0.